The highest BCUT2D eigenvalue weighted by Gasteiger charge is 1.96. The van der Waals surface area contributed by atoms with Crippen molar-refractivity contribution in [1.29, 1.82) is 0 Å². The molecule has 5 nitrogen and oxygen atoms in total. The Bertz CT molecular complexity index is 468. The molecule has 0 aliphatic carbocycles. The van der Waals surface area contributed by atoms with Gasteiger partial charge in [-0.05, 0) is 19.1 Å². The van der Waals surface area contributed by atoms with Crippen molar-refractivity contribution in [3.63, 3.8) is 0 Å². The summed E-state index contributed by atoms with van der Waals surface area (Å²) in [5.41, 5.74) is 7.29. The number of rotatable bonds is 5. The zero-order chi connectivity index (χ0) is 12.8. The van der Waals surface area contributed by atoms with Gasteiger partial charge in [0.15, 0.2) is 0 Å². The zero-order valence-corrected chi connectivity index (χ0v) is 10.3. The fourth-order valence-electron chi connectivity index (χ4n) is 1.50. The molecule has 0 atom stereocenters. The summed E-state index contributed by atoms with van der Waals surface area (Å²) in [5.74, 6) is 1.58. The molecule has 94 valence electrons. The van der Waals surface area contributed by atoms with Gasteiger partial charge in [-0.15, -0.1) is 0 Å². The molecule has 18 heavy (non-hydrogen) atoms. The van der Waals surface area contributed by atoms with Crippen molar-refractivity contribution in [3.8, 4) is 5.75 Å². The molecular weight excluding hydrogens is 228 g/mol. The van der Waals surface area contributed by atoms with Crippen LogP contribution in [0.3, 0.4) is 0 Å². The Morgan fingerprint density at radius 2 is 2.17 bits per heavy atom. The lowest BCUT2D eigenvalue weighted by molar-refractivity contribution is 0.333. The van der Waals surface area contributed by atoms with Gasteiger partial charge in [0, 0.05) is 23.5 Å². The fourth-order valence-corrected chi connectivity index (χ4v) is 1.50. The number of nitrogens with zero attached hydrogens (tertiary/aromatic N) is 2. The summed E-state index contributed by atoms with van der Waals surface area (Å²) >= 11 is 0. The van der Waals surface area contributed by atoms with Crippen LogP contribution in [-0.4, -0.2) is 23.1 Å². The van der Waals surface area contributed by atoms with Crippen molar-refractivity contribution in [1.82, 2.24) is 9.97 Å². The van der Waals surface area contributed by atoms with Crippen molar-refractivity contribution in [2.24, 2.45) is 0 Å². The summed E-state index contributed by atoms with van der Waals surface area (Å²) in [6.07, 6.45) is 1.54. The minimum Gasteiger partial charge on any atom is -0.492 e. The van der Waals surface area contributed by atoms with E-state index >= 15 is 0 Å². The third-order valence-corrected chi connectivity index (χ3v) is 2.34. The number of aryl methyl sites for hydroxylation is 1. The number of anilines is 2. The van der Waals surface area contributed by atoms with Crippen LogP contribution in [0.15, 0.2) is 36.7 Å². The van der Waals surface area contributed by atoms with Crippen LogP contribution in [0.2, 0.25) is 0 Å². The average molecular weight is 244 g/mol. The maximum Gasteiger partial charge on any atom is 0.129 e. The summed E-state index contributed by atoms with van der Waals surface area (Å²) in [6, 6.07) is 9.27. The van der Waals surface area contributed by atoms with Crippen molar-refractivity contribution in [2.45, 2.75) is 6.92 Å². The minimum atomic E-state index is 0.548. The van der Waals surface area contributed by atoms with E-state index in [0.29, 0.717) is 18.8 Å². The second-order valence-corrected chi connectivity index (χ2v) is 3.89. The molecule has 1 heterocycles. The zero-order valence-electron chi connectivity index (χ0n) is 10.3. The smallest absolute Gasteiger partial charge is 0.129 e. The van der Waals surface area contributed by atoms with E-state index in [1.807, 2.05) is 31.2 Å². The van der Waals surface area contributed by atoms with E-state index in [1.165, 1.54) is 6.33 Å². The third kappa shape index (κ3) is 3.62. The average Bonchev–Trinajstić information content (AvgIpc) is 2.35. The van der Waals surface area contributed by atoms with Gasteiger partial charge in [-0.1, -0.05) is 6.07 Å². The van der Waals surface area contributed by atoms with E-state index < -0.39 is 0 Å². The van der Waals surface area contributed by atoms with Gasteiger partial charge in [-0.3, -0.25) is 0 Å². The molecule has 0 saturated carbocycles. The van der Waals surface area contributed by atoms with Crippen molar-refractivity contribution in [3.05, 3.63) is 42.4 Å². The van der Waals surface area contributed by atoms with Gasteiger partial charge in [0.25, 0.3) is 0 Å². The first kappa shape index (κ1) is 12.2. The Labute approximate surface area is 106 Å². The van der Waals surface area contributed by atoms with E-state index in [4.69, 9.17) is 10.5 Å². The number of hydrogen-bond acceptors (Lipinski definition) is 5. The normalized spacial score (nSPS) is 10.1. The Morgan fingerprint density at radius 1 is 1.28 bits per heavy atom. The molecular formula is C13H16N4O. The van der Waals surface area contributed by atoms with Crippen LogP contribution in [0.5, 0.6) is 5.75 Å². The molecule has 0 amide bonds. The van der Waals surface area contributed by atoms with Crippen LogP contribution in [0.1, 0.15) is 5.69 Å². The predicted molar refractivity (Wildman–Crippen MR) is 71.6 cm³/mol. The molecule has 0 bridgehead atoms. The quantitative estimate of drug-likeness (QED) is 0.620. The van der Waals surface area contributed by atoms with Gasteiger partial charge in [-0.2, -0.15) is 0 Å². The molecule has 0 radical (unpaired) electrons. The molecule has 0 spiro atoms. The highest BCUT2D eigenvalue weighted by Crippen LogP contribution is 2.14. The summed E-state index contributed by atoms with van der Waals surface area (Å²) in [5, 5.41) is 3.16. The number of ether oxygens (including phenoxy) is 1. The first-order valence-corrected chi connectivity index (χ1v) is 5.75. The molecule has 0 unspecified atom stereocenters. The third-order valence-electron chi connectivity index (χ3n) is 2.34. The topological polar surface area (TPSA) is 73.1 Å². The van der Waals surface area contributed by atoms with Crippen LogP contribution >= 0.6 is 0 Å². The van der Waals surface area contributed by atoms with E-state index in [1.54, 1.807) is 6.07 Å². The molecule has 5 heteroatoms. The van der Waals surface area contributed by atoms with Gasteiger partial charge >= 0.3 is 0 Å². The van der Waals surface area contributed by atoms with Crippen molar-refractivity contribution in [2.75, 3.05) is 24.2 Å². The van der Waals surface area contributed by atoms with Crippen LogP contribution in [0.4, 0.5) is 11.5 Å². The van der Waals surface area contributed by atoms with Crippen molar-refractivity contribution < 1.29 is 4.74 Å². The molecule has 1 aromatic heterocycles. The Balaban J connectivity index is 1.76. The van der Waals surface area contributed by atoms with E-state index in [9.17, 15) is 0 Å². The van der Waals surface area contributed by atoms with Gasteiger partial charge < -0.3 is 15.8 Å². The summed E-state index contributed by atoms with van der Waals surface area (Å²) in [6.45, 7) is 3.15. The Morgan fingerprint density at radius 3 is 2.94 bits per heavy atom. The lowest BCUT2D eigenvalue weighted by atomic mass is 10.3. The second-order valence-electron chi connectivity index (χ2n) is 3.89. The van der Waals surface area contributed by atoms with Gasteiger partial charge in [0.1, 0.15) is 24.5 Å². The van der Waals surface area contributed by atoms with Gasteiger partial charge in [0.05, 0.1) is 6.54 Å². The number of benzene rings is 1. The number of nitrogens with one attached hydrogen (secondary N) is 1. The maximum atomic E-state index is 5.66. The standard InChI is InChI=1S/C13H16N4O/c1-10-7-13(17-9-16-10)15-5-6-18-12-4-2-3-11(14)8-12/h2-4,7-9H,5-6,14H2,1H3,(H,15,16,17). The van der Waals surface area contributed by atoms with E-state index in [0.717, 1.165) is 17.3 Å². The molecule has 0 aliphatic heterocycles. The molecule has 2 aromatic rings. The highest BCUT2D eigenvalue weighted by atomic mass is 16.5. The number of aromatic nitrogens is 2. The summed E-state index contributed by atoms with van der Waals surface area (Å²) < 4.78 is 5.55. The first-order valence-electron chi connectivity index (χ1n) is 5.75. The number of hydrogen-bond donors (Lipinski definition) is 2. The number of nitrogens with two attached hydrogens (primary N) is 1. The van der Waals surface area contributed by atoms with E-state index in [2.05, 4.69) is 15.3 Å². The van der Waals surface area contributed by atoms with Crippen LogP contribution < -0.4 is 15.8 Å². The monoisotopic (exact) mass is 244 g/mol. The Hall–Kier alpha value is -2.30. The van der Waals surface area contributed by atoms with Crippen LogP contribution in [0, 0.1) is 6.92 Å². The second kappa shape index (κ2) is 5.86. The van der Waals surface area contributed by atoms with Gasteiger partial charge in [-0.25, -0.2) is 9.97 Å². The molecule has 1 aromatic carbocycles. The lowest BCUT2D eigenvalue weighted by Gasteiger charge is -2.08. The summed E-state index contributed by atoms with van der Waals surface area (Å²) in [4.78, 5) is 8.13. The largest absolute Gasteiger partial charge is 0.492 e. The minimum absolute atomic E-state index is 0.548. The molecule has 0 fully saturated rings. The Kier molecular flexibility index (Phi) is 3.96. The SMILES string of the molecule is Cc1cc(NCCOc2cccc(N)c2)ncn1. The molecule has 0 aliphatic rings. The molecule has 3 N–H and O–H groups in total. The van der Waals surface area contributed by atoms with Gasteiger partial charge in [0.2, 0.25) is 0 Å². The maximum absolute atomic E-state index is 5.66. The highest BCUT2D eigenvalue weighted by molar-refractivity contribution is 5.43. The van der Waals surface area contributed by atoms with Crippen molar-refractivity contribution >= 4 is 11.5 Å². The van der Waals surface area contributed by atoms with Crippen LogP contribution in [-0.2, 0) is 0 Å². The fraction of sp³-hybridized carbons (Fsp3) is 0.231. The molecule has 0 saturated heterocycles. The predicted octanol–water partition coefficient (Wildman–Crippen LogP) is 1.86. The molecule has 2 rings (SSSR count). The number of nitrogen functional groups attached to an aromatic ring is 1. The van der Waals surface area contributed by atoms with E-state index in [-0.39, 0.29) is 0 Å². The van der Waals surface area contributed by atoms with Crippen LogP contribution in [0.25, 0.3) is 0 Å². The summed E-state index contributed by atoms with van der Waals surface area (Å²) in [7, 11) is 0. The lowest BCUT2D eigenvalue weighted by Crippen LogP contribution is -2.12. The first-order chi connectivity index (χ1) is 8.74.